The molecule has 5 nitrogen and oxygen atoms in total. The highest BCUT2D eigenvalue weighted by Gasteiger charge is 2.12. The highest BCUT2D eigenvalue weighted by Crippen LogP contribution is 2.11. The molecular weight excluding hydrogens is 228 g/mol. The van der Waals surface area contributed by atoms with Crippen molar-refractivity contribution in [1.82, 2.24) is 19.3 Å². The Morgan fingerprint density at radius 1 is 1.50 bits per heavy atom. The molecule has 0 radical (unpaired) electrons. The summed E-state index contributed by atoms with van der Waals surface area (Å²) in [5.41, 5.74) is 0.484. The van der Waals surface area contributed by atoms with E-state index in [-0.39, 0.29) is 11.4 Å². The van der Waals surface area contributed by atoms with Gasteiger partial charge in [-0.15, -0.1) is 0 Å². The average molecular weight is 239 g/mol. The molecule has 0 aliphatic carbocycles. The third-order valence-electron chi connectivity index (χ3n) is 2.38. The Morgan fingerprint density at radius 3 is 2.81 bits per heavy atom. The number of hydrogen-bond donors (Lipinski definition) is 0. The molecule has 0 saturated carbocycles. The quantitative estimate of drug-likeness (QED) is 0.795. The van der Waals surface area contributed by atoms with Crippen LogP contribution in [0.25, 0.3) is 5.82 Å². The second-order valence-corrected chi connectivity index (χ2v) is 3.67. The second-order valence-electron chi connectivity index (χ2n) is 3.31. The van der Waals surface area contributed by atoms with Crippen molar-refractivity contribution in [2.75, 3.05) is 0 Å². The summed E-state index contributed by atoms with van der Waals surface area (Å²) in [5.74, 6) is 0.224. The van der Waals surface area contributed by atoms with Gasteiger partial charge in [0, 0.05) is 18.9 Å². The average Bonchev–Trinajstić information content (AvgIpc) is 2.77. The molecule has 2 aromatic heterocycles. The summed E-state index contributed by atoms with van der Waals surface area (Å²) in [4.78, 5) is 16.1. The summed E-state index contributed by atoms with van der Waals surface area (Å²) in [6.07, 6.45) is 3.25. The van der Waals surface area contributed by atoms with E-state index >= 15 is 0 Å². The lowest BCUT2D eigenvalue weighted by molar-refractivity contribution is 0.670. The van der Waals surface area contributed by atoms with E-state index in [0.29, 0.717) is 17.4 Å². The highest BCUT2D eigenvalue weighted by atomic mass is 35.5. The van der Waals surface area contributed by atoms with Crippen LogP contribution in [0.5, 0.6) is 0 Å². The largest absolute Gasteiger partial charge is 0.307 e. The number of halogens is 1. The van der Waals surface area contributed by atoms with Crippen LogP contribution < -0.4 is 5.56 Å². The van der Waals surface area contributed by atoms with Crippen LogP contribution in [0.3, 0.4) is 0 Å². The molecule has 2 rings (SSSR count). The minimum atomic E-state index is -0.187. The molecule has 0 aromatic carbocycles. The van der Waals surface area contributed by atoms with Gasteiger partial charge in [-0.05, 0) is 19.9 Å². The molecule has 0 spiro atoms. The van der Waals surface area contributed by atoms with Crippen LogP contribution in [0.2, 0.25) is 5.15 Å². The molecule has 2 heterocycles. The third kappa shape index (κ3) is 1.63. The van der Waals surface area contributed by atoms with Crippen LogP contribution in [0.1, 0.15) is 12.6 Å². The van der Waals surface area contributed by atoms with Crippen molar-refractivity contribution >= 4 is 11.6 Å². The topological polar surface area (TPSA) is 52.7 Å². The van der Waals surface area contributed by atoms with Gasteiger partial charge in [0.25, 0.3) is 5.56 Å². The molecule has 0 N–H and O–H groups in total. The van der Waals surface area contributed by atoms with E-state index in [1.807, 2.05) is 6.92 Å². The summed E-state index contributed by atoms with van der Waals surface area (Å²) >= 11 is 5.97. The lowest BCUT2D eigenvalue weighted by atomic mass is 10.4. The van der Waals surface area contributed by atoms with Crippen molar-refractivity contribution < 1.29 is 0 Å². The third-order valence-corrected chi connectivity index (χ3v) is 2.74. The Labute approximate surface area is 97.3 Å². The minimum Gasteiger partial charge on any atom is -0.307 e. The maximum Gasteiger partial charge on any atom is 0.295 e. The van der Waals surface area contributed by atoms with Gasteiger partial charge in [-0.2, -0.15) is 5.10 Å². The predicted octanol–water partition coefficient (Wildman–Crippen LogP) is 1.41. The number of hydrogen-bond acceptors (Lipinski definition) is 3. The summed E-state index contributed by atoms with van der Waals surface area (Å²) in [5, 5.41) is 4.30. The Hall–Kier alpha value is -1.62. The molecule has 6 heteroatoms. The fourth-order valence-electron chi connectivity index (χ4n) is 1.53. The van der Waals surface area contributed by atoms with E-state index in [1.54, 1.807) is 30.0 Å². The highest BCUT2D eigenvalue weighted by molar-refractivity contribution is 6.30. The molecule has 0 saturated heterocycles. The van der Waals surface area contributed by atoms with Gasteiger partial charge in [0.05, 0.1) is 5.69 Å². The Morgan fingerprint density at radius 2 is 2.25 bits per heavy atom. The van der Waals surface area contributed by atoms with Gasteiger partial charge in [-0.25, -0.2) is 9.67 Å². The SMILES string of the molecule is CCn1c(C)c(Cl)nc(-n2cccn2)c1=O. The molecule has 84 valence electrons. The normalized spacial score (nSPS) is 10.7. The van der Waals surface area contributed by atoms with Gasteiger partial charge in [0.1, 0.15) is 0 Å². The van der Waals surface area contributed by atoms with Crippen molar-refractivity contribution in [2.45, 2.75) is 20.4 Å². The molecule has 0 bridgehead atoms. The number of nitrogens with zero attached hydrogens (tertiary/aromatic N) is 4. The van der Waals surface area contributed by atoms with Crippen LogP contribution in [0.4, 0.5) is 0 Å². The molecule has 0 fully saturated rings. The summed E-state index contributed by atoms with van der Waals surface area (Å²) < 4.78 is 2.99. The van der Waals surface area contributed by atoms with E-state index < -0.39 is 0 Å². The summed E-state index contributed by atoms with van der Waals surface area (Å²) in [6, 6.07) is 1.73. The van der Waals surface area contributed by atoms with Crippen LogP contribution in [0.15, 0.2) is 23.3 Å². The fraction of sp³-hybridized carbons (Fsp3) is 0.300. The van der Waals surface area contributed by atoms with Gasteiger partial charge >= 0.3 is 0 Å². The lowest BCUT2D eigenvalue weighted by Crippen LogP contribution is -2.27. The van der Waals surface area contributed by atoms with E-state index in [2.05, 4.69) is 10.1 Å². The first kappa shape index (κ1) is 10.9. The van der Waals surface area contributed by atoms with Gasteiger partial charge < -0.3 is 4.57 Å². The van der Waals surface area contributed by atoms with Crippen molar-refractivity contribution in [3.05, 3.63) is 39.7 Å². The molecule has 16 heavy (non-hydrogen) atoms. The lowest BCUT2D eigenvalue weighted by Gasteiger charge is -2.10. The van der Waals surface area contributed by atoms with Crippen LogP contribution >= 0.6 is 11.6 Å². The van der Waals surface area contributed by atoms with Gasteiger partial charge in [-0.3, -0.25) is 4.79 Å². The maximum absolute atomic E-state index is 12.1. The molecule has 2 aromatic rings. The maximum atomic E-state index is 12.1. The zero-order valence-electron chi connectivity index (χ0n) is 9.01. The van der Waals surface area contributed by atoms with Crippen LogP contribution in [-0.2, 0) is 6.54 Å². The van der Waals surface area contributed by atoms with Gasteiger partial charge in [0.15, 0.2) is 5.15 Å². The first-order valence-electron chi connectivity index (χ1n) is 4.92. The molecule has 0 unspecified atom stereocenters. The Balaban J connectivity index is 2.74. The van der Waals surface area contributed by atoms with Crippen molar-refractivity contribution in [3.63, 3.8) is 0 Å². The number of aromatic nitrogens is 4. The molecule has 0 aliphatic rings. The first-order chi connectivity index (χ1) is 7.65. The van der Waals surface area contributed by atoms with Gasteiger partial charge in [0.2, 0.25) is 5.82 Å². The fourth-order valence-corrected chi connectivity index (χ4v) is 1.71. The van der Waals surface area contributed by atoms with Crippen molar-refractivity contribution in [2.24, 2.45) is 0 Å². The zero-order chi connectivity index (χ0) is 11.7. The summed E-state index contributed by atoms with van der Waals surface area (Å²) in [6.45, 7) is 4.21. The van der Waals surface area contributed by atoms with E-state index in [1.165, 1.54) is 4.68 Å². The minimum absolute atomic E-state index is 0.187. The monoisotopic (exact) mass is 238 g/mol. The molecule has 0 amide bonds. The van der Waals surface area contributed by atoms with Crippen molar-refractivity contribution in [3.8, 4) is 5.82 Å². The standard InChI is InChI=1S/C10H11ClN4O/c1-3-14-7(2)8(11)13-9(10(14)16)15-6-4-5-12-15/h4-6H,3H2,1-2H3. The van der Waals surface area contributed by atoms with E-state index in [4.69, 9.17) is 11.6 Å². The zero-order valence-corrected chi connectivity index (χ0v) is 9.77. The smallest absolute Gasteiger partial charge is 0.295 e. The molecule has 0 atom stereocenters. The second kappa shape index (κ2) is 4.09. The Bertz CT molecular complexity index is 559. The molecule has 0 aliphatic heterocycles. The Kier molecular flexibility index (Phi) is 2.78. The predicted molar refractivity (Wildman–Crippen MR) is 61.0 cm³/mol. The first-order valence-corrected chi connectivity index (χ1v) is 5.30. The van der Waals surface area contributed by atoms with Crippen LogP contribution in [-0.4, -0.2) is 19.3 Å². The summed E-state index contributed by atoms with van der Waals surface area (Å²) in [7, 11) is 0. The van der Waals surface area contributed by atoms with E-state index in [9.17, 15) is 4.79 Å². The van der Waals surface area contributed by atoms with Gasteiger partial charge in [-0.1, -0.05) is 11.6 Å². The van der Waals surface area contributed by atoms with Crippen LogP contribution in [0, 0.1) is 6.92 Å². The van der Waals surface area contributed by atoms with E-state index in [0.717, 1.165) is 0 Å². The van der Waals surface area contributed by atoms with Crippen molar-refractivity contribution in [1.29, 1.82) is 0 Å². The number of rotatable bonds is 2. The molecular formula is C10H11ClN4O.